The van der Waals surface area contributed by atoms with Crippen molar-refractivity contribution in [3.8, 4) is 0 Å². The molecule has 0 aliphatic carbocycles. The Morgan fingerprint density at radius 1 is 1.52 bits per heavy atom. The lowest BCUT2D eigenvalue weighted by atomic mass is 10.0. The molecule has 1 aliphatic heterocycles. The van der Waals surface area contributed by atoms with E-state index in [4.69, 9.17) is 5.73 Å². The van der Waals surface area contributed by atoms with Crippen LogP contribution < -0.4 is 11.1 Å². The molecule has 1 unspecified atom stereocenters. The monoisotopic (exact) mass is 293 g/mol. The number of hydrogen-bond donors (Lipinski definition) is 2. The number of carbonyl (C=O) groups excluding carboxylic acids is 1. The van der Waals surface area contributed by atoms with Gasteiger partial charge in [-0.1, -0.05) is 6.42 Å². The molecule has 1 aliphatic rings. The number of carbonyl (C=O) groups is 1. The third-order valence-corrected chi connectivity index (χ3v) is 4.37. The molecule has 1 aromatic heterocycles. The summed E-state index contributed by atoms with van der Waals surface area (Å²) in [7, 11) is 1.97. The fourth-order valence-electron chi connectivity index (χ4n) is 2.87. The van der Waals surface area contributed by atoms with Gasteiger partial charge in [-0.25, -0.2) is 0 Å². The number of aromatic nitrogens is 2. The van der Waals surface area contributed by atoms with Crippen LogP contribution in [0.15, 0.2) is 6.20 Å². The normalized spacial score (nSPS) is 19.7. The number of hydrogen-bond acceptors (Lipinski definition) is 4. The smallest absolute Gasteiger partial charge is 0.221 e. The highest BCUT2D eigenvalue weighted by atomic mass is 16.1. The summed E-state index contributed by atoms with van der Waals surface area (Å²) in [6, 6.07) is 0.417. The Morgan fingerprint density at radius 3 is 3.00 bits per heavy atom. The van der Waals surface area contributed by atoms with E-state index in [1.54, 1.807) is 0 Å². The van der Waals surface area contributed by atoms with Gasteiger partial charge >= 0.3 is 0 Å². The van der Waals surface area contributed by atoms with Crippen LogP contribution in [0.2, 0.25) is 0 Å². The van der Waals surface area contributed by atoms with Crippen molar-refractivity contribution in [1.82, 2.24) is 20.0 Å². The first-order chi connectivity index (χ1) is 10.1. The van der Waals surface area contributed by atoms with Crippen molar-refractivity contribution < 1.29 is 4.79 Å². The standard InChI is InChI=1S/C15H27N5O/c1-12-13(9-18-19(12)2)11-20-8-4-3-5-14(20)10-17-15(21)6-7-16/h9,14H,3-8,10-11,16H2,1-2H3,(H,17,21). The number of amides is 1. The lowest BCUT2D eigenvalue weighted by molar-refractivity contribution is -0.121. The summed E-state index contributed by atoms with van der Waals surface area (Å²) in [6.07, 6.45) is 5.97. The Hall–Kier alpha value is -1.40. The number of nitrogens with zero attached hydrogens (tertiary/aromatic N) is 3. The molecular weight excluding hydrogens is 266 g/mol. The van der Waals surface area contributed by atoms with Gasteiger partial charge in [-0.15, -0.1) is 0 Å². The molecule has 1 fully saturated rings. The fourth-order valence-corrected chi connectivity index (χ4v) is 2.87. The molecule has 3 N–H and O–H groups in total. The molecule has 2 rings (SSSR count). The Morgan fingerprint density at radius 2 is 2.33 bits per heavy atom. The van der Waals surface area contributed by atoms with Gasteiger partial charge in [0.15, 0.2) is 0 Å². The van der Waals surface area contributed by atoms with Crippen LogP contribution in [0.1, 0.15) is 36.9 Å². The number of aryl methyl sites for hydroxylation is 1. The third-order valence-electron chi connectivity index (χ3n) is 4.37. The van der Waals surface area contributed by atoms with Crippen LogP contribution in [0.5, 0.6) is 0 Å². The molecule has 0 spiro atoms. The van der Waals surface area contributed by atoms with Gasteiger partial charge in [-0.3, -0.25) is 14.4 Å². The molecule has 21 heavy (non-hydrogen) atoms. The SMILES string of the molecule is Cc1c(CN2CCCCC2CNC(=O)CCN)cnn1C. The van der Waals surface area contributed by atoms with Crippen molar-refractivity contribution >= 4 is 5.91 Å². The zero-order valence-corrected chi connectivity index (χ0v) is 13.1. The molecule has 6 heteroatoms. The minimum Gasteiger partial charge on any atom is -0.354 e. The van der Waals surface area contributed by atoms with Crippen LogP contribution in [-0.4, -0.2) is 46.3 Å². The van der Waals surface area contributed by atoms with Crippen LogP contribution >= 0.6 is 0 Å². The molecule has 1 atom stereocenters. The highest BCUT2D eigenvalue weighted by Crippen LogP contribution is 2.20. The molecule has 1 saturated heterocycles. The summed E-state index contributed by atoms with van der Waals surface area (Å²) in [5, 5.41) is 7.32. The van der Waals surface area contributed by atoms with Crippen LogP contribution in [0.3, 0.4) is 0 Å². The predicted octanol–water partition coefficient (Wildman–Crippen LogP) is 0.548. The molecule has 1 aromatic rings. The lowest BCUT2D eigenvalue weighted by Crippen LogP contribution is -2.46. The maximum atomic E-state index is 11.6. The Labute approximate surface area is 126 Å². The minimum absolute atomic E-state index is 0.0561. The van der Waals surface area contributed by atoms with Crippen molar-refractivity contribution in [2.24, 2.45) is 12.8 Å². The zero-order valence-electron chi connectivity index (χ0n) is 13.1. The average molecular weight is 293 g/mol. The Kier molecular flexibility index (Phi) is 5.76. The van der Waals surface area contributed by atoms with Crippen LogP contribution in [0.4, 0.5) is 0 Å². The van der Waals surface area contributed by atoms with Crippen molar-refractivity contribution in [2.45, 2.75) is 45.2 Å². The molecule has 0 radical (unpaired) electrons. The Balaban J connectivity index is 1.92. The van der Waals surface area contributed by atoms with Crippen LogP contribution in [0, 0.1) is 6.92 Å². The molecule has 6 nitrogen and oxygen atoms in total. The maximum Gasteiger partial charge on any atom is 0.221 e. The van der Waals surface area contributed by atoms with E-state index >= 15 is 0 Å². The molecule has 2 heterocycles. The summed E-state index contributed by atoms with van der Waals surface area (Å²) in [4.78, 5) is 14.1. The molecule has 1 amide bonds. The zero-order chi connectivity index (χ0) is 15.2. The van der Waals surface area contributed by atoms with Crippen molar-refractivity contribution in [1.29, 1.82) is 0 Å². The van der Waals surface area contributed by atoms with Gasteiger partial charge in [-0.05, 0) is 26.3 Å². The first kappa shape index (κ1) is 16.0. The van der Waals surface area contributed by atoms with Gasteiger partial charge in [0.25, 0.3) is 0 Å². The Bertz CT molecular complexity index is 471. The van der Waals surface area contributed by atoms with E-state index in [0.717, 1.165) is 26.1 Å². The van der Waals surface area contributed by atoms with E-state index in [1.807, 2.05) is 17.9 Å². The molecule has 0 bridgehead atoms. The molecule has 118 valence electrons. The summed E-state index contributed by atoms with van der Waals surface area (Å²) in [5.74, 6) is 0.0561. The second kappa shape index (κ2) is 7.56. The quantitative estimate of drug-likeness (QED) is 0.803. The van der Waals surface area contributed by atoms with E-state index in [0.29, 0.717) is 19.0 Å². The van der Waals surface area contributed by atoms with E-state index in [1.165, 1.54) is 24.1 Å². The van der Waals surface area contributed by atoms with Crippen molar-refractivity contribution in [3.63, 3.8) is 0 Å². The molecular formula is C15H27N5O. The van der Waals surface area contributed by atoms with E-state index < -0.39 is 0 Å². The predicted molar refractivity (Wildman–Crippen MR) is 82.7 cm³/mol. The van der Waals surface area contributed by atoms with E-state index in [9.17, 15) is 4.79 Å². The van der Waals surface area contributed by atoms with Crippen molar-refractivity contribution in [2.75, 3.05) is 19.6 Å². The average Bonchev–Trinajstić information content (AvgIpc) is 2.79. The second-order valence-electron chi connectivity index (χ2n) is 5.84. The van der Waals surface area contributed by atoms with Gasteiger partial charge in [0.05, 0.1) is 6.20 Å². The number of piperidine rings is 1. The van der Waals surface area contributed by atoms with Gasteiger partial charge in [-0.2, -0.15) is 5.10 Å². The highest BCUT2D eigenvalue weighted by Gasteiger charge is 2.23. The molecule has 0 saturated carbocycles. The van der Waals surface area contributed by atoms with Gasteiger partial charge < -0.3 is 11.1 Å². The van der Waals surface area contributed by atoms with Gasteiger partial charge in [0.2, 0.25) is 5.91 Å². The van der Waals surface area contributed by atoms with E-state index in [2.05, 4.69) is 22.2 Å². The fraction of sp³-hybridized carbons (Fsp3) is 0.733. The topological polar surface area (TPSA) is 76.2 Å². The largest absolute Gasteiger partial charge is 0.354 e. The number of rotatable bonds is 6. The number of nitrogens with two attached hydrogens (primary N) is 1. The van der Waals surface area contributed by atoms with Gasteiger partial charge in [0, 0.05) is 50.4 Å². The number of nitrogens with one attached hydrogen (secondary N) is 1. The highest BCUT2D eigenvalue weighted by molar-refractivity contribution is 5.76. The first-order valence-corrected chi connectivity index (χ1v) is 7.80. The second-order valence-corrected chi connectivity index (χ2v) is 5.84. The molecule has 0 aromatic carbocycles. The first-order valence-electron chi connectivity index (χ1n) is 7.80. The maximum absolute atomic E-state index is 11.6. The number of likely N-dealkylation sites (tertiary alicyclic amines) is 1. The summed E-state index contributed by atoms with van der Waals surface area (Å²) in [6.45, 7) is 5.24. The summed E-state index contributed by atoms with van der Waals surface area (Å²) in [5.41, 5.74) is 7.90. The van der Waals surface area contributed by atoms with E-state index in [-0.39, 0.29) is 5.91 Å². The summed E-state index contributed by atoms with van der Waals surface area (Å²) < 4.78 is 1.91. The lowest BCUT2D eigenvalue weighted by Gasteiger charge is -2.35. The minimum atomic E-state index is 0.0561. The van der Waals surface area contributed by atoms with Crippen LogP contribution in [0.25, 0.3) is 0 Å². The van der Waals surface area contributed by atoms with Crippen molar-refractivity contribution in [3.05, 3.63) is 17.5 Å². The summed E-state index contributed by atoms with van der Waals surface area (Å²) >= 11 is 0. The van der Waals surface area contributed by atoms with Gasteiger partial charge in [0.1, 0.15) is 0 Å². The third kappa shape index (κ3) is 4.28. The van der Waals surface area contributed by atoms with Crippen LogP contribution in [-0.2, 0) is 18.4 Å².